The maximum absolute atomic E-state index is 12.2. The maximum atomic E-state index is 12.2. The largest absolute Gasteiger partial charge is 0.516 e. The lowest BCUT2D eigenvalue weighted by molar-refractivity contribution is -0.164. The van der Waals surface area contributed by atoms with Crippen LogP contribution in [0, 0.1) is 0 Å². The van der Waals surface area contributed by atoms with Crippen molar-refractivity contribution >= 4 is 18.2 Å². The van der Waals surface area contributed by atoms with Gasteiger partial charge in [0.05, 0.1) is 6.61 Å². The standard InChI is InChI=1S/C17H23NO7/c1-5-23-15(21)24-13(19)17(22,11-12-9-7-6-8-10-12)18-14(20)25-16(2,3)4/h6-10,22H,5,11H2,1-4H3,(H,18,20)/t17-/m0/s1. The molecule has 0 aromatic heterocycles. The molecule has 0 bridgehead atoms. The Hall–Kier alpha value is -2.61. The molecular weight excluding hydrogens is 330 g/mol. The van der Waals surface area contributed by atoms with Crippen LogP contribution >= 0.6 is 0 Å². The summed E-state index contributed by atoms with van der Waals surface area (Å²) in [4.78, 5) is 35.5. The normalized spacial score (nSPS) is 13.3. The van der Waals surface area contributed by atoms with Crippen LogP contribution in [-0.4, -0.2) is 41.3 Å². The number of carbonyl (C=O) groups is 3. The van der Waals surface area contributed by atoms with Crippen molar-refractivity contribution in [2.45, 2.75) is 45.4 Å². The van der Waals surface area contributed by atoms with E-state index in [1.54, 1.807) is 51.1 Å². The highest BCUT2D eigenvalue weighted by Gasteiger charge is 2.42. The lowest BCUT2D eigenvalue weighted by Gasteiger charge is -2.28. The molecule has 0 aliphatic heterocycles. The number of nitrogens with one attached hydrogen (secondary N) is 1. The van der Waals surface area contributed by atoms with E-state index in [0.29, 0.717) is 5.56 Å². The van der Waals surface area contributed by atoms with Crippen LogP contribution in [-0.2, 0) is 25.4 Å². The van der Waals surface area contributed by atoms with Crippen molar-refractivity contribution in [1.29, 1.82) is 0 Å². The number of aliphatic hydroxyl groups is 1. The molecule has 2 N–H and O–H groups in total. The minimum absolute atomic E-state index is 0.0112. The summed E-state index contributed by atoms with van der Waals surface area (Å²) in [6.45, 7) is 6.39. The van der Waals surface area contributed by atoms with Crippen LogP contribution in [0.25, 0.3) is 0 Å². The number of ether oxygens (including phenoxy) is 3. The van der Waals surface area contributed by atoms with Crippen molar-refractivity contribution in [2.75, 3.05) is 6.61 Å². The fourth-order valence-electron chi connectivity index (χ4n) is 1.84. The Balaban J connectivity index is 2.97. The highest BCUT2D eigenvalue weighted by atomic mass is 16.7. The molecule has 1 amide bonds. The quantitative estimate of drug-likeness (QED) is 0.474. The van der Waals surface area contributed by atoms with Gasteiger partial charge in [-0.1, -0.05) is 30.3 Å². The summed E-state index contributed by atoms with van der Waals surface area (Å²) >= 11 is 0. The Kier molecular flexibility index (Phi) is 6.93. The molecule has 0 heterocycles. The SMILES string of the molecule is CCOC(=O)OC(=O)[C@@](O)(Cc1ccccc1)NC(=O)OC(C)(C)C. The van der Waals surface area contributed by atoms with Gasteiger partial charge in [-0.2, -0.15) is 0 Å². The average molecular weight is 353 g/mol. The molecule has 0 aliphatic rings. The number of carbonyl (C=O) groups excluding carboxylic acids is 3. The molecule has 0 saturated heterocycles. The molecule has 0 radical (unpaired) electrons. The predicted molar refractivity (Wildman–Crippen MR) is 87.6 cm³/mol. The van der Waals surface area contributed by atoms with Gasteiger partial charge in [0.15, 0.2) is 0 Å². The fraction of sp³-hybridized carbons (Fsp3) is 0.471. The molecule has 138 valence electrons. The zero-order chi connectivity index (χ0) is 19.1. The summed E-state index contributed by atoms with van der Waals surface area (Å²) in [5.41, 5.74) is -2.82. The van der Waals surface area contributed by atoms with Gasteiger partial charge in [0, 0.05) is 6.42 Å². The fourth-order valence-corrected chi connectivity index (χ4v) is 1.84. The van der Waals surface area contributed by atoms with Gasteiger partial charge in [-0.05, 0) is 33.3 Å². The second-order valence-electron chi connectivity index (χ2n) is 6.22. The third-order valence-electron chi connectivity index (χ3n) is 2.79. The van der Waals surface area contributed by atoms with Gasteiger partial charge in [0.1, 0.15) is 5.60 Å². The Morgan fingerprint density at radius 3 is 2.24 bits per heavy atom. The van der Waals surface area contributed by atoms with Crippen LogP contribution in [0.5, 0.6) is 0 Å². The maximum Gasteiger partial charge on any atom is 0.516 e. The highest BCUT2D eigenvalue weighted by Crippen LogP contribution is 2.15. The van der Waals surface area contributed by atoms with Crippen molar-refractivity contribution in [2.24, 2.45) is 0 Å². The van der Waals surface area contributed by atoms with Crippen molar-refractivity contribution in [1.82, 2.24) is 5.32 Å². The molecule has 8 heteroatoms. The van der Waals surface area contributed by atoms with Crippen molar-refractivity contribution in [3.8, 4) is 0 Å². The molecule has 0 fully saturated rings. The van der Waals surface area contributed by atoms with Crippen LogP contribution in [0.4, 0.5) is 9.59 Å². The number of hydrogen-bond donors (Lipinski definition) is 2. The molecule has 1 aromatic carbocycles. The Labute approximate surface area is 146 Å². The Morgan fingerprint density at radius 1 is 1.12 bits per heavy atom. The molecule has 0 unspecified atom stereocenters. The summed E-state index contributed by atoms with van der Waals surface area (Å²) in [6, 6.07) is 8.42. The summed E-state index contributed by atoms with van der Waals surface area (Å²) in [5.74, 6) is -1.37. The minimum Gasteiger partial charge on any atom is -0.444 e. The van der Waals surface area contributed by atoms with Crippen LogP contribution in [0.15, 0.2) is 30.3 Å². The van der Waals surface area contributed by atoms with E-state index >= 15 is 0 Å². The van der Waals surface area contributed by atoms with E-state index in [0.717, 1.165) is 0 Å². The smallest absolute Gasteiger partial charge is 0.444 e. The zero-order valence-corrected chi connectivity index (χ0v) is 14.7. The van der Waals surface area contributed by atoms with E-state index in [1.807, 2.05) is 0 Å². The van der Waals surface area contributed by atoms with Crippen LogP contribution < -0.4 is 5.32 Å². The molecule has 8 nitrogen and oxygen atoms in total. The van der Waals surface area contributed by atoms with Crippen molar-refractivity contribution < 1.29 is 33.7 Å². The minimum atomic E-state index is -2.50. The number of benzene rings is 1. The van der Waals surface area contributed by atoms with Crippen LogP contribution in [0.1, 0.15) is 33.3 Å². The van der Waals surface area contributed by atoms with Crippen LogP contribution in [0.2, 0.25) is 0 Å². The first-order valence-electron chi connectivity index (χ1n) is 7.72. The zero-order valence-electron chi connectivity index (χ0n) is 14.7. The Morgan fingerprint density at radius 2 is 1.72 bits per heavy atom. The number of rotatable bonds is 5. The lowest BCUT2D eigenvalue weighted by atomic mass is 10.0. The second-order valence-corrected chi connectivity index (χ2v) is 6.22. The molecule has 25 heavy (non-hydrogen) atoms. The molecule has 1 rings (SSSR count). The van der Waals surface area contributed by atoms with E-state index in [2.05, 4.69) is 14.8 Å². The number of alkyl carbamates (subject to hydrolysis) is 1. The monoisotopic (exact) mass is 353 g/mol. The highest BCUT2D eigenvalue weighted by molar-refractivity contribution is 5.90. The second kappa shape index (κ2) is 8.48. The molecular formula is C17H23NO7. The van der Waals surface area contributed by atoms with Gasteiger partial charge >= 0.3 is 18.2 Å². The first-order valence-corrected chi connectivity index (χ1v) is 7.72. The molecule has 1 aromatic rings. The predicted octanol–water partition coefficient (Wildman–Crippen LogP) is 2.14. The van der Waals surface area contributed by atoms with Crippen LogP contribution in [0.3, 0.4) is 0 Å². The summed E-state index contributed by atoms with van der Waals surface area (Å²) in [5, 5.41) is 12.7. The summed E-state index contributed by atoms with van der Waals surface area (Å²) in [6.07, 6.45) is -2.64. The number of esters is 1. The van der Waals surface area contributed by atoms with Crippen molar-refractivity contribution in [3.05, 3.63) is 35.9 Å². The third kappa shape index (κ3) is 7.21. The molecule has 0 saturated carbocycles. The molecule has 0 spiro atoms. The Bertz CT molecular complexity index is 609. The van der Waals surface area contributed by atoms with E-state index < -0.39 is 29.5 Å². The summed E-state index contributed by atoms with van der Waals surface area (Å²) < 4.78 is 14.0. The van der Waals surface area contributed by atoms with Gasteiger partial charge in [-0.25, -0.2) is 14.4 Å². The van der Waals surface area contributed by atoms with Crippen molar-refractivity contribution in [3.63, 3.8) is 0 Å². The van der Waals surface area contributed by atoms with Gasteiger partial charge in [-0.15, -0.1) is 0 Å². The number of amides is 1. The number of hydrogen-bond acceptors (Lipinski definition) is 7. The topological polar surface area (TPSA) is 111 Å². The molecule has 0 aliphatic carbocycles. The van der Waals surface area contributed by atoms with E-state index in [4.69, 9.17) is 4.74 Å². The van der Waals surface area contributed by atoms with Gasteiger partial charge in [0.2, 0.25) is 5.72 Å². The first kappa shape index (κ1) is 20.4. The first-order chi connectivity index (χ1) is 11.6. The summed E-state index contributed by atoms with van der Waals surface area (Å²) in [7, 11) is 0. The van der Waals surface area contributed by atoms with Gasteiger partial charge < -0.3 is 19.3 Å². The van der Waals surface area contributed by atoms with Gasteiger partial charge in [-0.3, -0.25) is 5.32 Å². The average Bonchev–Trinajstić information content (AvgIpc) is 2.46. The van der Waals surface area contributed by atoms with E-state index in [9.17, 15) is 19.5 Å². The third-order valence-corrected chi connectivity index (χ3v) is 2.79. The lowest BCUT2D eigenvalue weighted by Crippen LogP contribution is -2.58. The van der Waals surface area contributed by atoms with Gasteiger partial charge in [0.25, 0.3) is 0 Å². The van der Waals surface area contributed by atoms with E-state index in [1.165, 1.54) is 6.92 Å². The van der Waals surface area contributed by atoms with E-state index in [-0.39, 0.29) is 13.0 Å². The molecule has 1 atom stereocenters.